The Labute approximate surface area is 102 Å². The Morgan fingerprint density at radius 3 is 2.94 bits per heavy atom. The molecule has 0 unspecified atom stereocenters. The SMILES string of the molecule is O=C(O)CCc1nnc2c3ccccc3ncn12. The van der Waals surface area contributed by atoms with Crippen LogP contribution in [0.1, 0.15) is 12.2 Å². The molecule has 0 radical (unpaired) electrons. The van der Waals surface area contributed by atoms with Gasteiger partial charge in [0, 0.05) is 11.8 Å². The first-order valence-electron chi connectivity index (χ1n) is 5.55. The van der Waals surface area contributed by atoms with Crippen LogP contribution in [0, 0.1) is 0 Å². The Bertz CT molecular complexity index is 735. The summed E-state index contributed by atoms with van der Waals surface area (Å²) >= 11 is 0. The second-order valence-electron chi connectivity index (χ2n) is 3.97. The molecule has 0 aliphatic rings. The third kappa shape index (κ3) is 1.67. The number of aromatic nitrogens is 4. The molecular formula is C12H10N4O2. The van der Waals surface area contributed by atoms with Crippen LogP contribution >= 0.6 is 0 Å². The van der Waals surface area contributed by atoms with E-state index in [2.05, 4.69) is 15.2 Å². The Morgan fingerprint density at radius 1 is 1.28 bits per heavy atom. The molecule has 1 N–H and O–H groups in total. The number of benzene rings is 1. The van der Waals surface area contributed by atoms with Gasteiger partial charge in [-0.3, -0.25) is 9.20 Å². The van der Waals surface area contributed by atoms with Crippen molar-refractivity contribution >= 4 is 22.5 Å². The summed E-state index contributed by atoms with van der Waals surface area (Å²) in [5, 5.41) is 17.7. The van der Waals surface area contributed by atoms with Gasteiger partial charge < -0.3 is 5.11 Å². The van der Waals surface area contributed by atoms with Gasteiger partial charge in [-0.05, 0) is 12.1 Å². The number of hydrogen-bond donors (Lipinski definition) is 1. The van der Waals surface area contributed by atoms with Crippen molar-refractivity contribution in [2.45, 2.75) is 12.8 Å². The van der Waals surface area contributed by atoms with Crippen LogP contribution in [-0.4, -0.2) is 30.7 Å². The lowest BCUT2D eigenvalue weighted by Crippen LogP contribution is -2.02. The van der Waals surface area contributed by atoms with Gasteiger partial charge in [-0.2, -0.15) is 0 Å². The third-order valence-electron chi connectivity index (χ3n) is 2.79. The van der Waals surface area contributed by atoms with Gasteiger partial charge in [0.1, 0.15) is 12.2 Å². The number of aliphatic carboxylic acids is 1. The fraction of sp³-hybridized carbons (Fsp3) is 0.167. The molecule has 2 aromatic heterocycles. The van der Waals surface area contributed by atoms with Crippen molar-refractivity contribution < 1.29 is 9.90 Å². The molecule has 0 amide bonds. The lowest BCUT2D eigenvalue weighted by molar-refractivity contribution is -0.137. The summed E-state index contributed by atoms with van der Waals surface area (Å²) < 4.78 is 1.74. The zero-order valence-electron chi connectivity index (χ0n) is 9.45. The van der Waals surface area contributed by atoms with Crippen LogP contribution in [-0.2, 0) is 11.2 Å². The van der Waals surface area contributed by atoms with Gasteiger partial charge in [-0.1, -0.05) is 12.1 Å². The Hall–Kier alpha value is -2.50. The summed E-state index contributed by atoms with van der Waals surface area (Å²) in [5.74, 6) is -0.230. The summed E-state index contributed by atoms with van der Waals surface area (Å²) in [7, 11) is 0. The molecule has 0 spiro atoms. The summed E-state index contributed by atoms with van der Waals surface area (Å²) in [5.41, 5.74) is 1.56. The number of aryl methyl sites for hydroxylation is 1. The van der Waals surface area contributed by atoms with E-state index in [4.69, 9.17) is 5.11 Å². The van der Waals surface area contributed by atoms with Gasteiger partial charge >= 0.3 is 5.97 Å². The van der Waals surface area contributed by atoms with Crippen molar-refractivity contribution in [3.05, 3.63) is 36.4 Å². The average molecular weight is 242 g/mol. The molecule has 6 nitrogen and oxygen atoms in total. The Morgan fingerprint density at radius 2 is 2.11 bits per heavy atom. The Kier molecular flexibility index (Phi) is 2.40. The maximum Gasteiger partial charge on any atom is 0.303 e. The molecular weight excluding hydrogens is 232 g/mol. The van der Waals surface area contributed by atoms with E-state index in [0.717, 1.165) is 10.9 Å². The quantitative estimate of drug-likeness (QED) is 0.748. The highest BCUT2D eigenvalue weighted by Crippen LogP contribution is 2.16. The molecule has 0 saturated heterocycles. The van der Waals surface area contributed by atoms with Crippen molar-refractivity contribution in [3.63, 3.8) is 0 Å². The third-order valence-corrected chi connectivity index (χ3v) is 2.79. The van der Waals surface area contributed by atoms with E-state index < -0.39 is 5.97 Å². The van der Waals surface area contributed by atoms with E-state index >= 15 is 0 Å². The smallest absolute Gasteiger partial charge is 0.303 e. The first kappa shape index (κ1) is 10.6. The number of hydrogen-bond acceptors (Lipinski definition) is 4. The minimum Gasteiger partial charge on any atom is -0.481 e. The van der Waals surface area contributed by atoms with Crippen LogP contribution in [0.15, 0.2) is 30.6 Å². The minimum absolute atomic E-state index is 0.0353. The van der Waals surface area contributed by atoms with Crippen molar-refractivity contribution in [2.75, 3.05) is 0 Å². The molecule has 18 heavy (non-hydrogen) atoms. The molecule has 0 bridgehead atoms. The van der Waals surface area contributed by atoms with Crippen molar-refractivity contribution in [3.8, 4) is 0 Å². The van der Waals surface area contributed by atoms with Crippen LogP contribution < -0.4 is 0 Å². The largest absolute Gasteiger partial charge is 0.481 e. The number of para-hydroxylation sites is 1. The maximum atomic E-state index is 10.6. The topological polar surface area (TPSA) is 80.4 Å². The normalized spacial score (nSPS) is 11.1. The van der Waals surface area contributed by atoms with Gasteiger partial charge in [0.2, 0.25) is 0 Å². The molecule has 0 saturated carbocycles. The van der Waals surface area contributed by atoms with Crippen molar-refractivity contribution in [2.24, 2.45) is 0 Å². The van der Waals surface area contributed by atoms with Crippen LogP contribution in [0.5, 0.6) is 0 Å². The Balaban J connectivity index is 2.14. The van der Waals surface area contributed by atoms with Gasteiger partial charge in [0.05, 0.1) is 11.9 Å². The average Bonchev–Trinajstić information content (AvgIpc) is 2.80. The minimum atomic E-state index is -0.847. The van der Waals surface area contributed by atoms with Gasteiger partial charge in [0.15, 0.2) is 5.65 Å². The van der Waals surface area contributed by atoms with Crippen molar-refractivity contribution in [1.29, 1.82) is 0 Å². The molecule has 6 heteroatoms. The number of nitrogens with zero attached hydrogens (tertiary/aromatic N) is 4. The highest BCUT2D eigenvalue weighted by atomic mass is 16.4. The number of carboxylic acids is 1. The zero-order chi connectivity index (χ0) is 12.5. The number of fused-ring (bicyclic) bond motifs is 3. The molecule has 0 aliphatic heterocycles. The molecule has 0 fully saturated rings. The molecule has 2 heterocycles. The van der Waals surface area contributed by atoms with E-state index in [0.29, 0.717) is 17.9 Å². The van der Waals surface area contributed by atoms with E-state index in [-0.39, 0.29) is 6.42 Å². The lowest BCUT2D eigenvalue weighted by atomic mass is 10.2. The molecule has 3 rings (SSSR count). The summed E-state index contributed by atoms with van der Waals surface area (Å²) in [6.07, 6.45) is 2.01. The molecule has 3 aromatic rings. The van der Waals surface area contributed by atoms with Gasteiger partial charge in [-0.15, -0.1) is 10.2 Å². The monoisotopic (exact) mass is 242 g/mol. The fourth-order valence-electron chi connectivity index (χ4n) is 1.91. The molecule has 1 aromatic carbocycles. The number of rotatable bonds is 3. The van der Waals surface area contributed by atoms with E-state index in [9.17, 15) is 4.79 Å². The lowest BCUT2D eigenvalue weighted by Gasteiger charge is -2.00. The van der Waals surface area contributed by atoms with Crippen LogP contribution in [0.2, 0.25) is 0 Å². The molecule has 0 atom stereocenters. The van der Waals surface area contributed by atoms with E-state index in [1.54, 1.807) is 10.7 Å². The second kappa shape index (κ2) is 4.06. The highest BCUT2D eigenvalue weighted by Gasteiger charge is 2.10. The summed E-state index contributed by atoms with van der Waals surface area (Å²) in [6.45, 7) is 0. The second-order valence-corrected chi connectivity index (χ2v) is 3.97. The zero-order valence-corrected chi connectivity index (χ0v) is 9.45. The van der Waals surface area contributed by atoms with Crippen molar-refractivity contribution in [1.82, 2.24) is 19.6 Å². The standard InChI is InChI=1S/C12H10N4O2/c17-11(18)6-5-10-14-15-12-8-3-1-2-4-9(8)13-7-16(10)12/h1-4,7H,5-6H2,(H,17,18). The predicted molar refractivity (Wildman–Crippen MR) is 64.2 cm³/mol. The fourth-order valence-corrected chi connectivity index (χ4v) is 1.91. The number of carboxylic acid groups (broad SMARTS) is 1. The van der Waals surface area contributed by atoms with Crippen LogP contribution in [0.25, 0.3) is 16.6 Å². The van der Waals surface area contributed by atoms with E-state index in [1.807, 2.05) is 24.3 Å². The van der Waals surface area contributed by atoms with Gasteiger partial charge in [0.25, 0.3) is 0 Å². The highest BCUT2D eigenvalue weighted by molar-refractivity contribution is 5.90. The van der Waals surface area contributed by atoms with Gasteiger partial charge in [-0.25, -0.2) is 4.98 Å². The summed E-state index contributed by atoms with van der Waals surface area (Å²) in [6, 6.07) is 7.65. The molecule has 0 aliphatic carbocycles. The summed E-state index contributed by atoms with van der Waals surface area (Å²) in [4.78, 5) is 14.9. The van der Waals surface area contributed by atoms with E-state index in [1.165, 1.54) is 0 Å². The van der Waals surface area contributed by atoms with Crippen LogP contribution in [0.4, 0.5) is 0 Å². The molecule has 90 valence electrons. The first-order valence-corrected chi connectivity index (χ1v) is 5.55. The predicted octanol–water partition coefficient (Wildman–Crippen LogP) is 1.29. The first-order chi connectivity index (χ1) is 8.75. The maximum absolute atomic E-state index is 10.6. The number of carbonyl (C=O) groups is 1. The van der Waals surface area contributed by atoms with Crippen LogP contribution in [0.3, 0.4) is 0 Å².